The van der Waals surface area contributed by atoms with E-state index in [2.05, 4.69) is 25.6 Å². The number of hydrogen-bond donors (Lipinski definition) is 0. The second-order valence-electron chi connectivity index (χ2n) is 4.03. The Morgan fingerprint density at radius 3 is 2.45 bits per heavy atom. The molecule has 1 aliphatic rings. The number of rotatable bonds is 3. The van der Waals surface area contributed by atoms with Crippen molar-refractivity contribution in [3.8, 4) is 0 Å². The lowest BCUT2D eigenvalue weighted by Gasteiger charge is -2.21. The maximum Gasteiger partial charge on any atom is -0.00649 e. The summed E-state index contributed by atoms with van der Waals surface area (Å²) in [4.78, 5) is 0. The Labute approximate surface area is 75.1 Å². The molecule has 1 heterocycles. The molecular weight excluding hydrogens is 152 g/mol. The third kappa shape index (κ3) is 4.05. The number of hydrogen-bond acceptors (Lipinski definition) is 1. The SMILES string of the molecule is CC(C)CCC1CCSCC1. The molecule has 0 unspecified atom stereocenters. The molecule has 0 radical (unpaired) electrons. The van der Waals surface area contributed by atoms with Gasteiger partial charge in [0.2, 0.25) is 0 Å². The monoisotopic (exact) mass is 172 g/mol. The zero-order chi connectivity index (χ0) is 8.10. The van der Waals surface area contributed by atoms with Gasteiger partial charge in [0.25, 0.3) is 0 Å². The molecule has 1 aliphatic heterocycles. The second kappa shape index (κ2) is 5.08. The largest absolute Gasteiger partial charge is 0.162 e. The van der Waals surface area contributed by atoms with Crippen LogP contribution in [0.15, 0.2) is 0 Å². The lowest BCUT2D eigenvalue weighted by Crippen LogP contribution is -2.10. The molecule has 1 saturated heterocycles. The van der Waals surface area contributed by atoms with Crippen LogP contribution in [0.3, 0.4) is 0 Å². The maximum atomic E-state index is 2.33. The molecule has 1 fully saturated rings. The molecule has 0 aliphatic carbocycles. The van der Waals surface area contributed by atoms with Crippen LogP contribution in [-0.4, -0.2) is 11.5 Å². The van der Waals surface area contributed by atoms with Crippen molar-refractivity contribution in [3.63, 3.8) is 0 Å². The van der Waals surface area contributed by atoms with Gasteiger partial charge in [-0.05, 0) is 36.2 Å². The van der Waals surface area contributed by atoms with E-state index in [1.54, 1.807) is 0 Å². The predicted molar refractivity (Wildman–Crippen MR) is 54.1 cm³/mol. The summed E-state index contributed by atoms with van der Waals surface area (Å²) in [5, 5.41) is 0. The molecular formula is C10H20S. The van der Waals surface area contributed by atoms with Crippen LogP contribution in [0.1, 0.15) is 39.5 Å². The molecule has 0 aromatic rings. The topological polar surface area (TPSA) is 0 Å². The van der Waals surface area contributed by atoms with E-state index in [0.717, 1.165) is 11.8 Å². The summed E-state index contributed by atoms with van der Waals surface area (Å²) < 4.78 is 0. The highest BCUT2D eigenvalue weighted by atomic mass is 32.2. The van der Waals surface area contributed by atoms with Crippen molar-refractivity contribution in [1.29, 1.82) is 0 Å². The Morgan fingerprint density at radius 1 is 1.27 bits per heavy atom. The van der Waals surface area contributed by atoms with Gasteiger partial charge in [-0.15, -0.1) is 0 Å². The zero-order valence-corrected chi connectivity index (χ0v) is 8.62. The van der Waals surface area contributed by atoms with Crippen LogP contribution in [-0.2, 0) is 0 Å². The molecule has 1 heteroatoms. The highest BCUT2D eigenvalue weighted by molar-refractivity contribution is 7.99. The normalized spacial score (nSPS) is 21.0. The molecule has 0 bridgehead atoms. The van der Waals surface area contributed by atoms with Crippen molar-refractivity contribution < 1.29 is 0 Å². The van der Waals surface area contributed by atoms with Gasteiger partial charge in [-0.1, -0.05) is 26.7 Å². The minimum Gasteiger partial charge on any atom is -0.162 e. The van der Waals surface area contributed by atoms with Crippen LogP contribution in [0.5, 0.6) is 0 Å². The molecule has 0 saturated carbocycles. The summed E-state index contributed by atoms with van der Waals surface area (Å²) in [6, 6.07) is 0. The average Bonchev–Trinajstić information content (AvgIpc) is 2.03. The molecule has 0 nitrogen and oxygen atoms in total. The molecule has 0 aromatic heterocycles. The Bertz CT molecular complexity index is 93.0. The molecule has 1 rings (SSSR count). The first-order valence-corrected chi connectivity index (χ1v) is 6.02. The highest BCUT2D eigenvalue weighted by Gasteiger charge is 2.13. The van der Waals surface area contributed by atoms with Crippen LogP contribution < -0.4 is 0 Å². The first-order valence-electron chi connectivity index (χ1n) is 4.87. The van der Waals surface area contributed by atoms with E-state index in [4.69, 9.17) is 0 Å². The van der Waals surface area contributed by atoms with Gasteiger partial charge in [0.1, 0.15) is 0 Å². The van der Waals surface area contributed by atoms with Crippen LogP contribution in [0, 0.1) is 11.8 Å². The van der Waals surface area contributed by atoms with Crippen molar-refractivity contribution in [3.05, 3.63) is 0 Å². The minimum absolute atomic E-state index is 0.907. The van der Waals surface area contributed by atoms with Gasteiger partial charge in [-0.2, -0.15) is 11.8 Å². The fourth-order valence-corrected chi connectivity index (χ4v) is 2.81. The molecule has 0 N–H and O–H groups in total. The summed E-state index contributed by atoms with van der Waals surface area (Å²) >= 11 is 2.13. The summed E-state index contributed by atoms with van der Waals surface area (Å²) in [6.45, 7) is 4.66. The minimum atomic E-state index is 0.907. The molecule has 66 valence electrons. The molecule has 0 spiro atoms. The standard InChI is InChI=1S/C10H20S/c1-9(2)3-4-10-5-7-11-8-6-10/h9-10H,3-8H2,1-2H3. The van der Waals surface area contributed by atoms with Gasteiger partial charge >= 0.3 is 0 Å². The first-order chi connectivity index (χ1) is 5.29. The zero-order valence-electron chi connectivity index (χ0n) is 7.81. The molecule has 0 amide bonds. The van der Waals surface area contributed by atoms with E-state index >= 15 is 0 Å². The van der Waals surface area contributed by atoms with Crippen LogP contribution in [0.25, 0.3) is 0 Å². The van der Waals surface area contributed by atoms with Gasteiger partial charge in [-0.25, -0.2) is 0 Å². The lowest BCUT2D eigenvalue weighted by molar-refractivity contribution is 0.402. The number of thioether (sulfide) groups is 1. The smallest absolute Gasteiger partial charge is 0.00649 e. The van der Waals surface area contributed by atoms with Crippen molar-refractivity contribution in [1.82, 2.24) is 0 Å². The Morgan fingerprint density at radius 2 is 1.91 bits per heavy atom. The van der Waals surface area contributed by atoms with E-state index in [1.807, 2.05) is 0 Å². The van der Waals surface area contributed by atoms with E-state index in [-0.39, 0.29) is 0 Å². The second-order valence-corrected chi connectivity index (χ2v) is 5.25. The van der Waals surface area contributed by atoms with Gasteiger partial charge in [0.15, 0.2) is 0 Å². The average molecular weight is 172 g/mol. The first kappa shape index (κ1) is 9.44. The van der Waals surface area contributed by atoms with Gasteiger partial charge in [-0.3, -0.25) is 0 Å². The predicted octanol–water partition coefficient (Wildman–Crippen LogP) is 3.57. The molecule has 0 aromatic carbocycles. The summed E-state index contributed by atoms with van der Waals surface area (Å²) in [6.07, 6.45) is 5.89. The van der Waals surface area contributed by atoms with E-state index in [0.29, 0.717) is 0 Å². The Balaban J connectivity index is 2.05. The lowest BCUT2D eigenvalue weighted by atomic mass is 9.93. The van der Waals surface area contributed by atoms with Crippen LogP contribution in [0.2, 0.25) is 0 Å². The Kier molecular flexibility index (Phi) is 4.36. The summed E-state index contributed by atoms with van der Waals surface area (Å²) in [5.41, 5.74) is 0. The van der Waals surface area contributed by atoms with Crippen molar-refractivity contribution >= 4 is 11.8 Å². The third-order valence-electron chi connectivity index (χ3n) is 2.49. The van der Waals surface area contributed by atoms with Crippen LogP contribution >= 0.6 is 11.8 Å². The van der Waals surface area contributed by atoms with E-state index in [9.17, 15) is 0 Å². The Hall–Kier alpha value is 0.350. The van der Waals surface area contributed by atoms with E-state index < -0.39 is 0 Å². The van der Waals surface area contributed by atoms with Crippen molar-refractivity contribution in [2.45, 2.75) is 39.5 Å². The van der Waals surface area contributed by atoms with Gasteiger partial charge < -0.3 is 0 Å². The summed E-state index contributed by atoms with van der Waals surface area (Å²) in [7, 11) is 0. The molecule has 11 heavy (non-hydrogen) atoms. The summed E-state index contributed by atoms with van der Waals surface area (Å²) in [5.74, 6) is 4.81. The fourth-order valence-electron chi connectivity index (χ4n) is 1.60. The van der Waals surface area contributed by atoms with Gasteiger partial charge in [0, 0.05) is 0 Å². The maximum absolute atomic E-state index is 2.33. The third-order valence-corrected chi connectivity index (χ3v) is 3.54. The molecule has 0 atom stereocenters. The fraction of sp³-hybridized carbons (Fsp3) is 1.00. The highest BCUT2D eigenvalue weighted by Crippen LogP contribution is 2.27. The van der Waals surface area contributed by atoms with Crippen molar-refractivity contribution in [2.24, 2.45) is 11.8 Å². The van der Waals surface area contributed by atoms with Crippen molar-refractivity contribution in [2.75, 3.05) is 11.5 Å². The van der Waals surface area contributed by atoms with E-state index in [1.165, 1.54) is 37.2 Å². The quantitative estimate of drug-likeness (QED) is 0.627. The van der Waals surface area contributed by atoms with Gasteiger partial charge in [0.05, 0.1) is 0 Å². The van der Waals surface area contributed by atoms with Crippen LogP contribution in [0.4, 0.5) is 0 Å².